The second-order valence-corrected chi connectivity index (χ2v) is 3.93. The van der Waals surface area contributed by atoms with Gasteiger partial charge in [0.1, 0.15) is 0 Å². The van der Waals surface area contributed by atoms with Crippen LogP contribution in [0.15, 0.2) is 36.4 Å². The van der Waals surface area contributed by atoms with Crippen molar-refractivity contribution < 1.29 is 17.2 Å². The van der Waals surface area contributed by atoms with Gasteiger partial charge in [-0.15, -0.1) is 0 Å². The predicted octanol–water partition coefficient (Wildman–Crippen LogP) is 1.82. The monoisotopic (exact) mass is 223 g/mol. The molecule has 0 aliphatic rings. The maximum absolute atomic E-state index is 10.6. The molecule has 0 fully saturated rings. The van der Waals surface area contributed by atoms with E-state index in [2.05, 4.69) is 10.2 Å². The van der Waals surface area contributed by atoms with E-state index < -0.39 is 10.4 Å². The fourth-order valence-electron chi connectivity index (χ4n) is 1.31. The molecule has 0 unspecified atom stereocenters. The van der Waals surface area contributed by atoms with Gasteiger partial charge in [0, 0.05) is 11.5 Å². The predicted molar refractivity (Wildman–Crippen MR) is 55.0 cm³/mol. The number of benzene rings is 2. The molecule has 2 aromatic carbocycles. The van der Waals surface area contributed by atoms with Crippen LogP contribution in [-0.4, -0.2) is 13.0 Å². The number of hydrogen-bond acceptors (Lipinski definition) is 3. The zero-order valence-electron chi connectivity index (χ0n) is 7.54. The van der Waals surface area contributed by atoms with Crippen molar-refractivity contribution >= 4 is 21.2 Å². The van der Waals surface area contributed by atoms with Gasteiger partial charge in [0.2, 0.25) is 0 Å². The maximum atomic E-state index is 10.6. The summed E-state index contributed by atoms with van der Waals surface area (Å²) in [6, 6.07) is 13.0. The molecule has 0 spiro atoms. The Morgan fingerprint density at radius 2 is 1.93 bits per heavy atom. The summed E-state index contributed by atoms with van der Waals surface area (Å²) in [7, 11) is -4.50. The lowest BCUT2D eigenvalue weighted by atomic mass is 10.1. The summed E-state index contributed by atoms with van der Waals surface area (Å²) in [5.74, 6) is -0.00407. The number of fused-ring (bicyclic) bond motifs is 1. The average Bonchev–Trinajstić information content (AvgIpc) is 2.16. The molecule has 0 aliphatic heterocycles. The molecular weight excluding hydrogens is 216 g/mol. The summed E-state index contributed by atoms with van der Waals surface area (Å²) in [5, 5.41) is 1.40. The van der Waals surface area contributed by atoms with Crippen LogP contribution in [0, 0.1) is 6.07 Å². The van der Waals surface area contributed by atoms with Gasteiger partial charge in [-0.3, -0.25) is 4.55 Å². The summed E-state index contributed by atoms with van der Waals surface area (Å²) in [6.45, 7) is 0. The van der Waals surface area contributed by atoms with Gasteiger partial charge < -0.3 is 4.18 Å². The molecule has 0 atom stereocenters. The lowest BCUT2D eigenvalue weighted by Crippen LogP contribution is -2.06. The Bertz CT molecular complexity index is 584. The molecule has 2 aromatic rings. The molecule has 0 saturated carbocycles. The fourth-order valence-corrected chi connectivity index (χ4v) is 1.66. The van der Waals surface area contributed by atoms with Crippen molar-refractivity contribution in [1.82, 2.24) is 0 Å². The molecule has 1 radical (unpaired) electrons. The van der Waals surface area contributed by atoms with Gasteiger partial charge in [-0.2, -0.15) is 8.42 Å². The van der Waals surface area contributed by atoms with Crippen LogP contribution < -0.4 is 4.18 Å². The molecule has 5 heteroatoms. The van der Waals surface area contributed by atoms with E-state index >= 15 is 0 Å². The Morgan fingerprint density at radius 3 is 2.67 bits per heavy atom. The third kappa shape index (κ3) is 2.26. The molecule has 0 aromatic heterocycles. The molecule has 0 heterocycles. The van der Waals surface area contributed by atoms with Gasteiger partial charge in [-0.05, 0) is 11.5 Å². The third-order valence-corrected chi connectivity index (χ3v) is 2.25. The summed E-state index contributed by atoms with van der Waals surface area (Å²) in [4.78, 5) is 0. The molecule has 0 saturated heterocycles. The third-order valence-electron chi connectivity index (χ3n) is 1.87. The van der Waals surface area contributed by atoms with E-state index in [0.29, 0.717) is 5.39 Å². The van der Waals surface area contributed by atoms with Crippen LogP contribution in [0.25, 0.3) is 10.8 Å². The Hall–Kier alpha value is -1.59. The highest BCUT2D eigenvalue weighted by molar-refractivity contribution is 7.81. The van der Waals surface area contributed by atoms with E-state index in [1.165, 1.54) is 6.07 Å². The van der Waals surface area contributed by atoms with Crippen LogP contribution >= 0.6 is 0 Å². The van der Waals surface area contributed by atoms with Crippen LogP contribution in [0.3, 0.4) is 0 Å². The largest absolute Gasteiger partial charge is 0.446 e. The minimum absolute atomic E-state index is 0.00407. The van der Waals surface area contributed by atoms with Crippen LogP contribution in [-0.2, 0) is 10.4 Å². The standard InChI is InChI=1S/C10H7O4S/c11-15(12,13)14-10-7-3-5-8-4-1-2-6-9(8)10/h1-6H,(H,11,12,13). The van der Waals surface area contributed by atoms with Crippen molar-refractivity contribution in [2.24, 2.45) is 0 Å². The van der Waals surface area contributed by atoms with E-state index in [0.717, 1.165) is 5.39 Å². The van der Waals surface area contributed by atoms with E-state index in [4.69, 9.17) is 4.55 Å². The molecule has 0 amide bonds. The van der Waals surface area contributed by atoms with Gasteiger partial charge in [0.05, 0.1) is 0 Å². The quantitative estimate of drug-likeness (QED) is 0.789. The summed E-state index contributed by atoms with van der Waals surface area (Å²) in [6.07, 6.45) is 0. The topological polar surface area (TPSA) is 63.6 Å². The molecule has 0 bridgehead atoms. The van der Waals surface area contributed by atoms with Crippen LogP contribution in [0.2, 0.25) is 0 Å². The highest BCUT2D eigenvalue weighted by Gasteiger charge is 2.09. The zero-order valence-corrected chi connectivity index (χ0v) is 8.36. The van der Waals surface area contributed by atoms with E-state index in [-0.39, 0.29) is 5.75 Å². The summed E-state index contributed by atoms with van der Waals surface area (Å²) in [5.41, 5.74) is 0. The van der Waals surface area contributed by atoms with E-state index in [9.17, 15) is 8.42 Å². The smallest absolute Gasteiger partial charge is 0.360 e. The van der Waals surface area contributed by atoms with Gasteiger partial charge in [0.25, 0.3) is 0 Å². The van der Waals surface area contributed by atoms with Crippen LogP contribution in [0.5, 0.6) is 5.75 Å². The Balaban J connectivity index is 2.61. The Kier molecular flexibility index (Phi) is 2.34. The van der Waals surface area contributed by atoms with Gasteiger partial charge in [-0.1, -0.05) is 30.3 Å². The SMILES string of the molecule is O=S(=O)(O)Oc1[c]ccc2ccccc12. The van der Waals surface area contributed by atoms with Crippen molar-refractivity contribution in [1.29, 1.82) is 0 Å². The molecule has 2 rings (SSSR count). The first kappa shape index (κ1) is 9.95. The van der Waals surface area contributed by atoms with Gasteiger partial charge >= 0.3 is 10.4 Å². The van der Waals surface area contributed by atoms with Crippen molar-refractivity contribution in [3.05, 3.63) is 42.5 Å². The van der Waals surface area contributed by atoms with Gasteiger partial charge in [0.15, 0.2) is 5.75 Å². The minimum Gasteiger partial charge on any atom is -0.360 e. The zero-order chi connectivity index (χ0) is 10.9. The lowest BCUT2D eigenvalue weighted by Gasteiger charge is -2.04. The normalized spacial score (nSPS) is 11.5. The second-order valence-electron chi connectivity index (χ2n) is 2.91. The van der Waals surface area contributed by atoms with E-state index in [1.807, 2.05) is 6.07 Å². The molecule has 15 heavy (non-hydrogen) atoms. The summed E-state index contributed by atoms with van der Waals surface area (Å²) >= 11 is 0. The Morgan fingerprint density at radius 1 is 1.20 bits per heavy atom. The van der Waals surface area contributed by atoms with E-state index in [1.54, 1.807) is 24.3 Å². The van der Waals surface area contributed by atoms with Crippen molar-refractivity contribution in [3.8, 4) is 5.75 Å². The first-order chi connectivity index (χ1) is 7.06. The molecule has 77 valence electrons. The van der Waals surface area contributed by atoms with Crippen molar-refractivity contribution in [2.75, 3.05) is 0 Å². The second kappa shape index (κ2) is 3.52. The highest BCUT2D eigenvalue weighted by Crippen LogP contribution is 2.25. The Labute approximate surface area is 87.1 Å². The lowest BCUT2D eigenvalue weighted by molar-refractivity contribution is 0.388. The molecule has 1 N–H and O–H groups in total. The average molecular weight is 223 g/mol. The van der Waals surface area contributed by atoms with Crippen molar-refractivity contribution in [2.45, 2.75) is 0 Å². The van der Waals surface area contributed by atoms with Crippen molar-refractivity contribution in [3.63, 3.8) is 0 Å². The summed E-state index contributed by atoms with van der Waals surface area (Å²) < 4.78 is 34.1. The highest BCUT2D eigenvalue weighted by atomic mass is 32.3. The fraction of sp³-hybridized carbons (Fsp3) is 0. The molecule has 0 aliphatic carbocycles. The first-order valence-electron chi connectivity index (χ1n) is 4.12. The molecular formula is C10H7O4S. The van der Waals surface area contributed by atoms with Gasteiger partial charge in [-0.25, -0.2) is 0 Å². The maximum Gasteiger partial charge on any atom is 0.446 e. The first-order valence-corrected chi connectivity index (χ1v) is 5.49. The van der Waals surface area contributed by atoms with Crippen LogP contribution in [0.1, 0.15) is 0 Å². The number of rotatable bonds is 2. The number of hydrogen-bond donors (Lipinski definition) is 1. The minimum atomic E-state index is -4.50. The molecule has 4 nitrogen and oxygen atoms in total. The van der Waals surface area contributed by atoms with Crippen LogP contribution in [0.4, 0.5) is 0 Å².